The average molecular weight is 252 g/mol. The van der Waals surface area contributed by atoms with Crippen molar-refractivity contribution in [1.29, 1.82) is 0 Å². The molecule has 2 rings (SSSR count). The summed E-state index contributed by atoms with van der Waals surface area (Å²) in [6.07, 6.45) is 2.28. The van der Waals surface area contributed by atoms with Gasteiger partial charge in [-0.2, -0.15) is 4.99 Å². The first-order chi connectivity index (χ1) is 8.31. The molecule has 0 atom stereocenters. The summed E-state index contributed by atoms with van der Waals surface area (Å²) in [5.41, 5.74) is 0. The Hall–Kier alpha value is -1.36. The van der Waals surface area contributed by atoms with E-state index in [4.69, 9.17) is 4.74 Å². The number of amides is 1. The standard InChI is InChI=1S/C12H16N2O2S/c1-2-16-12(14-7-3-4-8-14)13-11(15)10-6-5-9-17-10/h5-6,9H,2-4,7-8H2,1H3. The molecular weight excluding hydrogens is 236 g/mol. The topological polar surface area (TPSA) is 41.9 Å². The molecule has 1 aromatic rings. The van der Waals surface area contributed by atoms with Gasteiger partial charge in [-0.05, 0) is 31.2 Å². The van der Waals surface area contributed by atoms with Crippen molar-refractivity contribution in [2.75, 3.05) is 19.7 Å². The fourth-order valence-corrected chi connectivity index (χ4v) is 2.38. The summed E-state index contributed by atoms with van der Waals surface area (Å²) in [5, 5.41) is 1.87. The molecule has 0 N–H and O–H groups in total. The van der Waals surface area contributed by atoms with Crippen LogP contribution in [-0.4, -0.2) is 36.5 Å². The Labute approximate surface area is 105 Å². The second kappa shape index (κ2) is 5.82. The minimum atomic E-state index is -0.213. The molecule has 1 fully saturated rings. The van der Waals surface area contributed by atoms with Gasteiger partial charge in [0.05, 0.1) is 11.5 Å². The van der Waals surface area contributed by atoms with E-state index in [1.54, 1.807) is 6.07 Å². The number of hydrogen-bond donors (Lipinski definition) is 0. The number of hydrogen-bond acceptors (Lipinski definition) is 3. The molecule has 0 radical (unpaired) electrons. The van der Waals surface area contributed by atoms with E-state index >= 15 is 0 Å². The summed E-state index contributed by atoms with van der Waals surface area (Å²) in [6.45, 7) is 4.29. The van der Waals surface area contributed by atoms with Gasteiger partial charge < -0.3 is 9.64 Å². The zero-order valence-electron chi connectivity index (χ0n) is 9.89. The second-order valence-electron chi connectivity index (χ2n) is 3.80. The van der Waals surface area contributed by atoms with Gasteiger partial charge in [0.15, 0.2) is 0 Å². The summed E-state index contributed by atoms with van der Waals surface area (Å²) in [6, 6.07) is 4.11. The summed E-state index contributed by atoms with van der Waals surface area (Å²) < 4.78 is 5.45. The van der Waals surface area contributed by atoms with Crippen LogP contribution in [0.5, 0.6) is 0 Å². The molecule has 1 aliphatic heterocycles. The van der Waals surface area contributed by atoms with Crippen LogP contribution < -0.4 is 0 Å². The van der Waals surface area contributed by atoms with Crippen molar-refractivity contribution >= 4 is 23.3 Å². The third kappa shape index (κ3) is 3.06. The van der Waals surface area contributed by atoms with Crippen molar-refractivity contribution in [3.63, 3.8) is 0 Å². The molecule has 0 bridgehead atoms. The highest BCUT2D eigenvalue weighted by molar-refractivity contribution is 7.12. The molecule has 0 aliphatic carbocycles. The average Bonchev–Trinajstić information content (AvgIpc) is 3.01. The lowest BCUT2D eigenvalue weighted by Gasteiger charge is -2.18. The third-order valence-corrected chi connectivity index (χ3v) is 3.44. The van der Waals surface area contributed by atoms with Crippen LogP contribution in [0.1, 0.15) is 29.4 Å². The van der Waals surface area contributed by atoms with Crippen LogP contribution in [0.25, 0.3) is 0 Å². The Bertz CT molecular complexity index is 395. The quantitative estimate of drug-likeness (QED) is 0.599. The SMILES string of the molecule is CCOC(=NC(=O)c1cccs1)N1CCCC1. The van der Waals surface area contributed by atoms with Gasteiger partial charge in [0.2, 0.25) is 0 Å². The smallest absolute Gasteiger partial charge is 0.295 e. The monoisotopic (exact) mass is 252 g/mol. The predicted octanol–water partition coefficient (Wildman–Crippen LogP) is 2.38. The summed E-state index contributed by atoms with van der Waals surface area (Å²) in [4.78, 5) is 18.6. The number of ether oxygens (including phenoxy) is 1. The second-order valence-corrected chi connectivity index (χ2v) is 4.75. The molecule has 17 heavy (non-hydrogen) atoms. The van der Waals surface area contributed by atoms with Crippen LogP contribution >= 0.6 is 11.3 Å². The Kier molecular flexibility index (Phi) is 4.14. The van der Waals surface area contributed by atoms with E-state index < -0.39 is 0 Å². The van der Waals surface area contributed by atoms with E-state index in [1.807, 2.05) is 23.3 Å². The number of carbonyl (C=O) groups excluding carboxylic acids is 1. The van der Waals surface area contributed by atoms with Crippen molar-refractivity contribution in [3.8, 4) is 0 Å². The number of aliphatic imine (C=N–C) groups is 1. The van der Waals surface area contributed by atoms with Crippen molar-refractivity contribution in [3.05, 3.63) is 22.4 Å². The number of carbonyl (C=O) groups is 1. The molecule has 1 aliphatic rings. The molecule has 1 amide bonds. The molecule has 92 valence electrons. The highest BCUT2D eigenvalue weighted by Crippen LogP contribution is 2.13. The first-order valence-corrected chi connectivity index (χ1v) is 6.73. The lowest BCUT2D eigenvalue weighted by molar-refractivity contribution is 0.0999. The largest absolute Gasteiger partial charge is 0.465 e. The number of amidine groups is 1. The zero-order valence-corrected chi connectivity index (χ0v) is 10.7. The Balaban J connectivity index is 2.11. The number of nitrogens with zero attached hydrogens (tertiary/aromatic N) is 2. The summed E-state index contributed by atoms with van der Waals surface area (Å²) >= 11 is 1.40. The maximum absolute atomic E-state index is 11.9. The van der Waals surface area contributed by atoms with E-state index in [1.165, 1.54) is 11.3 Å². The predicted molar refractivity (Wildman–Crippen MR) is 68.5 cm³/mol. The number of rotatable bonds is 2. The van der Waals surface area contributed by atoms with E-state index in [0.717, 1.165) is 25.9 Å². The molecular formula is C12H16N2O2S. The van der Waals surface area contributed by atoms with Crippen LogP contribution in [-0.2, 0) is 4.74 Å². The summed E-state index contributed by atoms with van der Waals surface area (Å²) in [7, 11) is 0. The van der Waals surface area contributed by atoms with Crippen LogP contribution in [0.2, 0.25) is 0 Å². The fraction of sp³-hybridized carbons (Fsp3) is 0.500. The lowest BCUT2D eigenvalue weighted by atomic mass is 10.4. The Morgan fingerprint density at radius 2 is 2.29 bits per heavy atom. The lowest BCUT2D eigenvalue weighted by Crippen LogP contribution is -2.31. The molecule has 0 spiro atoms. The normalized spacial score (nSPS) is 16.3. The van der Waals surface area contributed by atoms with Gasteiger partial charge in [0.25, 0.3) is 11.9 Å². The molecule has 1 aromatic heterocycles. The molecule has 0 unspecified atom stereocenters. The molecule has 5 heteroatoms. The van der Waals surface area contributed by atoms with Gasteiger partial charge in [0.1, 0.15) is 0 Å². The van der Waals surface area contributed by atoms with Crippen molar-refractivity contribution in [2.45, 2.75) is 19.8 Å². The molecule has 0 aromatic carbocycles. The van der Waals surface area contributed by atoms with Crippen LogP contribution in [0, 0.1) is 0 Å². The van der Waals surface area contributed by atoms with Crippen LogP contribution in [0.3, 0.4) is 0 Å². The van der Waals surface area contributed by atoms with E-state index in [0.29, 0.717) is 17.5 Å². The van der Waals surface area contributed by atoms with Crippen molar-refractivity contribution in [1.82, 2.24) is 4.90 Å². The fourth-order valence-electron chi connectivity index (χ4n) is 1.77. The van der Waals surface area contributed by atoms with Gasteiger partial charge in [0, 0.05) is 13.1 Å². The van der Waals surface area contributed by atoms with Crippen molar-refractivity contribution in [2.24, 2.45) is 4.99 Å². The molecule has 4 nitrogen and oxygen atoms in total. The van der Waals surface area contributed by atoms with Gasteiger partial charge >= 0.3 is 0 Å². The number of likely N-dealkylation sites (tertiary alicyclic amines) is 1. The molecule has 0 saturated carbocycles. The van der Waals surface area contributed by atoms with E-state index in [2.05, 4.69) is 4.99 Å². The van der Waals surface area contributed by atoms with Gasteiger partial charge in [-0.15, -0.1) is 11.3 Å². The maximum Gasteiger partial charge on any atom is 0.295 e. The Morgan fingerprint density at radius 1 is 1.53 bits per heavy atom. The van der Waals surface area contributed by atoms with Crippen LogP contribution in [0.4, 0.5) is 0 Å². The number of thiophene rings is 1. The van der Waals surface area contributed by atoms with Crippen LogP contribution in [0.15, 0.2) is 22.5 Å². The first-order valence-electron chi connectivity index (χ1n) is 5.85. The van der Waals surface area contributed by atoms with E-state index in [9.17, 15) is 4.79 Å². The third-order valence-electron chi connectivity index (χ3n) is 2.58. The minimum Gasteiger partial charge on any atom is -0.465 e. The highest BCUT2D eigenvalue weighted by Gasteiger charge is 2.19. The zero-order chi connectivity index (χ0) is 12.1. The van der Waals surface area contributed by atoms with Crippen molar-refractivity contribution < 1.29 is 9.53 Å². The van der Waals surface area contributed by atoms with E-state index in [-0.39, 0.29) is 5.91 Å². The molecule has 2 heterocycles. The minimum absolute atomic E-state index is 0.213. The van der Waals surface area contributed by atoms with Gasteiger partial charge in [-0.1, -0.05) is 6.07 Å². The Morgan fingerprint density at radius 3 is 2.88 bits per heavy atom. The highest BCUT2D eigenvalue weighted by atomic mass is 32.1. The van der Waals surface area contributed by atoms with Gasteiger partial charge in [-0.25, -0.2) is 0 Å². The summed E-state index contributed by atoms with van der Waals surface area (Å²) in [5.74, 6) is -0.213. The van der Waals surface area contributed by atoms with Gasteiger partial charge in [-0.3, -0.25) is 4.79 Å². The maximum atomic E-state index is 11.9. The first kappa shape index (κ1) is 12.1. The molecule has 1 saturated heterocycles.